The van der Waals surface area contributed by atoms with Gasteiger partial charge < -0.3 is 19.1 Å². The van der Waals surface area contributed by atoms with E-state index >= 15 is 0 Å². The van der Waals surface area contributed by atoms with Crippen molar-refractivity contribution in [1.82, 2.24) is 4.90 Å². The monoisotopic (exact) mass is 373 g/mol. The maximum atomic E-state index is 12.8. The lowest BCUT2D eigenvalue weighted by Gasteiger charge is -2.50. The predicted molar refractivity (Wildman–Crippen MR) is 103 cm³/mol. The highest BCUT2D eigenvalue weighted by Gasteiger charge is 2.54. The fourth-order valence-corrected chi connectivity index (χ4v) is 4.66. The third-order valence-corrected chi connectivity index (χ3v) is 6.48. The highest BCUT2D eigenvalue weighted by molar-refractivity contribution is 5.96. The summed E-state index contributed by atoms with van der Waals surface area (Å²) in [6.07, 6.45) is 4.33. The van der Waals surface area contributed by atoms with Gasteiger partial charge in [0.15, 0.2) is 0 Å². The van der Waals surface area contributed by atoms with Crippen LogP contribution in [0.1, 0.15) is 41.6 Å². The van der Waals surface area contributed by atoms with Gasteiger partial charge in [0.25, 0.3) is 5.91 Å². The van der Waals surface area contributed by atoms with Gasteiger partial charge in [0.05, 0.1) is 13.1 Å². The topological polar surface area (TPSA) is 48.0 Å². The standard InChI is InChI=1S/C22H31NO4/c1-17-4-2-3-5-20(17)21(24)23-15-22(16-23)19(9-13-27-22)8-12-26-14-18-6-10-25-11-7-18/h2-5,18-19H,6-16H2,1H3/t19-/m0/s1. The van der Waals surface area contributed by atoms with E-state index in [4.69, 9.17) is 14.2 Å². The lowest BCUT2D eigenvalue weighted by Crippen LogP contribution is -2.66. The Morgan fingerprint density at radius 2 is 1.96 bits per heavy atom. The third kappa shape index (κ3) is 4.05. The lowest BCUT2D eigenvalue weighted by atomic mass is 9.78. The van der Waals surface area contributed by atoms with Gasteiger partial charge >= 0.3 is 0 Å². The van der Waals surface area contributed by atoms with E-state index in [0.717, 1.165) is 69.8 Å². The van der Waals surface area contributed by atoms with Crippen LogP contribution in [0.25, 0.3) is 0 Å². The molecule has 1 aromatic carbocycles. The first-order valence-electron chi connectivity index (χ1n) is 10.3. The van der Waals surface area contributed by atoms with Crippen molar-refractivity contribution in [2.45, 2.75) is 38.2 Å². The Hall–Kier alpha value is -1.43. The number of nitrogens with zero attached hydrogens (tertiary/aromatic N) is 1. The van der Waals surface area contributed by atoms with Crippen molar-refractivity contribution in [2.24, 2.45) is 11.8 Å². The second kappa shape index (κ2) is 8.29. The van der Waals surface area contributed by atoms with E-state index in [1.54, 1.807) is 0 Å². The highest BCUT2D eigenvalue weighted by atomic mass is 16.5. The van der Waals surface area contributed by atoms with Crippen LogP contribution in [-0.4, -0.2) is 62.5 Å². The summed E-state index contributed by atoms with van der Waals surface area (Å²) in [7, 11) is 0. The van der Waals surface area contributed by atoms with E-state index in [2.05, 4.69) is 0 Å². The molecule has 148 valence electrons. The van der Waals surface area contributed by atoms with Gasteiger partial charge in [0.2, 0.25) is 0 Å². The molecule has 1 atom stereocenters. The van der Waals surface area contributed by atoms with E-state index in [-0.39, 0.29) is 11.5 Å². The third-order valence-electron chi connectivity index (χ3n) is 6.48. The molecule has 3 heterocycles. The normalized spacial score (nSPS) is 24.9. The Morgan fingerprint density at radius 3 is 2.74 bits per heavy atom. The van der Waals surface area contributed by atoms with Crippen LogP contribution in [-0.2, 0) is 14.2 Å². The van der Waals surface area contributed by atoms with Gasteiger partial charge in [-0.3, -0.25) is 4.79 Å². The van der Waals surface area contributed by atoms with Crippen LogP contribution in [0.4, 0.5) is 0 Å². The zero-order valence-electron chi connectivity index (χ0n) is 16.3. The van der Waals surface area contributed by atoms with Crippen LogP contribution >= 0.6 is 0 Å². The molecule has 0 N–H and O–H groups in total. The summed E-state index contributed by atoms with van der Waals surface area (Å²) in [5.74, 6) is 1.27. The van der Waals surface area contributed by atoms with Crippen molar-refractivity contribution in [1.29, 1.82) is 0 Å². The maximum Gasteiger partial charge on any atom is 0.254 e. The summed E-state index contributed by atoms with van der Waals surface area (Å²) >= 11 is 0. The number of carbonyl (C=O) groups excluding carboxylic acids is 1. The number of ether oxygens (including phenoxy) is 3. The fourth-order valence-electron chi connectivity index (χ4n) is 4.66. The predicted octanol–water partition coefficient (Wildman–Crippen LogP) is 3.06. The number of hydrogen-bond donors (Lipinski definition) is 0. The second-order valence-electron chi connectivity index (χ2n) is 8.29. The van der Waals surface area contributed by atoms with Gasteiger partial charge in [0, 0.05) is 38.6 Å². The molecule has 0 radical (unpaired) electrons. The molecule has 0 bridgehead atoms. The average molecular weight is 373 g/mol. The molecule has 4 rings (SSSR count). The lowest BCUT2D eigenvalue weighted by molar-refractivity contribution is -0.121. The first-order valence-corrected chi connectivity index (χ1v) is 10.3. The molecule has 1 aromatic rings. The number of benzene rings is 1. The van der Waals surface area contributed by atoms with Gasteiger partial charge in [-0.1, -0.05) is 18.2 Å². The van der Waals surface area contributed by atoms with E-state index < -0.39 is 0 Å². The smallest absolute Gasteiger partial charge is 0.254 e. The van der Waals surface area contributed by atoms with Crippen LogP contribution in [0.3, 0.4) is 0 Å². The summed E-state index contributed by atoms with van der Waals surface area (Å²) in [4.78, 5) is 14.7. The number of aryl methyl sites for hydroxylation is 1. The summed E-state index contributed by atoms with van der Waals surface area (Å²) in [6.45, 7) is 7.61. The number of likely N-dealkylation sites (tertiary alicyclic amines) is 1. The van der Waals surface area contributed by atoms with Crippen LogP contribution in [0.2, 0.25) is 0 Å². The molecule has 0 saturated carbocycles. The van der Waals surface area contributed by atoms with Crippen molar-refractivity contribution < 1.29 is 19.0 Å². The minimum Gasteiger partial charge on any atom is -0.381 e. The van der Waals surface area contributed by atoms with Crippen LogP contribution in [0, 0.1) is 18.8 Å². The van der Waals surface area contributed by atoms with E-state index in [1.807, 2.05) is 36.1 Å². The molecule has 1 amide bonds. The Morgan fingerprint density at radius 1 is 1.19 bits per heavy atom. The first-order chi connectivity index (χ1) is 13.2. The number of amides is 1. The number of carbonyl (C=O) groups is 1. The number of rotatable bonds is 6. The zero-order chi connectivity index (χ0) is 18.7. The van der Waals surface area contributed by atoms with Crippen LogP contribution in [0.15, 0.2) is 24.3 Å². The number of hydrogen-bond acceptors (Lipinski definition) is 4. The maximum absolute atomic E-state index is 12.8. The van der Waals surface area contributed by atoms with Crippen molar-refractivity contribution in [2.75, 3.05) is 46.1 Å². The van der Waals surface area contributed by atoms with Gasteiger partial charge in [-0.2, -0.15) is 0 Å². The zero-order valence-corrected chi connectivity index (χ0v) is 16.3. The average Bonchev–Trinajstić information content (AvgIpc) is 3.09. The largest absolute Gasteiger partial charge is 0.381 e. The fraction of sp³-hybridized carbons (Fsp3) is 0.682. The molecule has 3 aliphatic heterocycles. The van der Waals surface area contributed by atoms with Crippen molar-refractivity contribution >= 4 is 5.91 Å². The molecule has 3 saturated heterocycles. The molecule has 0 unspecified atom stereocenters. The molecule has 0 aliphatic carbocycles. The van der Waals surface area contributed by atoms with Gasteiger partial charge in [-0.05, 0) is 56.1 Å². The minimum atomic E-state index is -0.139. The SMILES string of the molecule is Cc1ccccc1C(=O)N1CC2(C1)OCC[C@@H]2CCOCC1CCOCC1. The van der Waals surface area contributed by atoms with Gasteiger partial charge in [-0.25, -0.2) is 0 Å². The molecule has 0 aromatic heterocycles. The Bertz CT molecular complexity index is 649. The van der Waals surface area contributed by atoms with Crippen LogP contribution < -0.4 is 0 Å². The minimum absolute atomic E-state index is 0.128. The molecule has 5 nitrogen and oxygen atoms in total. The molecule has 27 heavy (non-hydrogen) atoms. The molecular weight excluding hydrogens is 342 g/mol. The summed E-state index contributed by atoms with van der Waals surface area (Å²) < 4.78 is 17.5. The molecule has 1 spiro atoms. The van der Waals surface area contributed by atoms with E-state index in [9.17, 15) is 4.79 Å². The van der Waals surface area contributed by atoms with Crippen molar-refractivity contribution in [3.63, 3.8) is 0 Å². The van der Waals surface area contributed by atoms with E-state index in [1.165, 1.54) is 0 Å². The Kier molecular flexibility index (Phi) is 5.81. The van der Waals surface area contributed by atoms with Crippen molar-refractivity contribution in [3.8, 4) is 0 Å². The quantitative estimate of drug-likeness (QED) is 0.719. The Balaban J connectivity index is 1.24. The highest BCUT2D eigenvalue weighted by Crippen LogP contribution is 2.42. The molecule has 3 aliphatic rings. The summed E-state index contributed by atoms with van der Waals surface area (Å²) in [6, 6.07) is 7.81. The second-order valence-corrected chi connectivity index (χ2v) is 8.29. The van der Waals surface area contributed by atoms with Gasteiger partial charge in [-0.15, -0.1) is 0 Å². The first kappa shape index (κ1) is 18.9. The molecule has 5 heteroatoms. The van der Waals surface area contributed by atoms with Crippen LogP contribution in [0.5, 0.6) is 0 Å². The van der Waals surface area contributed by atoms with Gasteiger partial charge in [0.1, 0.15) is 5.60 Å². The molecule has 3 fully saturated rings. The Labute approximate surface area is 162 Å². The molecular formula is C22H31NO4. The van der Waals surface area contributed by atoms with Crippen molar-refractivity contribution in [3.05, 3.63) is 35.4 Å². The summed E-state index contributed by atoms with van der Waals surface area (Å²) in [5, 5.41) is 0. The summed E-state index contributed by atoms with van der Waals surface area (Å²) in [5.41, 5.74) is 1.70. The van der Waals surface area contributed by atoms with E-state index in [0.29, 0.717) is 24.9 Å².